The van der Waals surface area contributed by atoms with E-state index >= 15 is 0 Å². The number of carbonyl (C=O) groups is 1. The van der Waals surface area contributed by atoms with Crippen molar-refractivity contribution in [1.29, 1.82) is 0 Å². The molecule has 0 spiro atoms. The highest BCUT2D eigenvalue weighted by molar-refractivity contribution is 7.89. The molecule has 1 N–H and O–H groups in total. The zero-order valence-corrected chi connectivity index (χ0v) is 17.9. The van der Waals surface area contributed by atoms with Crippen molar-refractivity contribution in [1.82, 2.24) is 14.5 Å². The minimum Gasteiger partial charge on any atom is -0.296 e. The number of nitrogens with one attached hydrogen (secondary N) is 1. The van der Waals surface area contributed by atoms with Crippen molar-refractivity contribution in [3.63, 3.8) is 0 Å². The standard InChI is InChI=1S/C19H26N4O3S2/c1-3-23(4-2)28(25,26)16-12-8-11-15(13-16)17(24)20-19-22-21-18(27-19)14-9-6-5-7-10-14/h8,11-14H,3-7,9-10H2,1-2H3,(H,20,22,24). The predicted octanol–water partition coefficient (Wildman–Crippen LogP) is 3.87. The number of rotatable bonds is 7. The Morgan fingerprint density at radius 1 is 1.18 bits per heavy atom. The molecule has 2 aromatic rings. The lowest BCUT2D eigenvalue weighted by Gasteiger charge is -2.18. The van der Waals surface area contributed by atoms with Crippen LogP contribution in [-0.2, 0) is 10.0 Å². The summed E-state index contributed by atoms with van der Waals surface area (Å²) in [6, 6.07) is 6.10. The van der Waals surface area contributed by atoms with Gasteiger partial charge in [0.25, 0.3) is 5.91 Å². The Morgan fingerprint density at radius 3 is 2.57 bits per heavy atom. The third-order valence-corrected chi connectivity index (χ3v) is 8.10. The molecule has 1 aromatic heterocycles. The van der Waals surface area contributed by atoms with Crippen LogP contribution in [0.1, 0.15) is 67.2 Å². The van der Waals surface area contributed by atoms with Crippen molar-refractivity contribution in [2.45, 2.75) is 56.8 Å². The molecular formula is C19H26N4O3S2. The van der Waals surface area contributed by atoms with Crippen LogP contribution in [0, 0.1) is 0 Å². The van der Waals surface area contributed by atoms with Crippen molar-refractivity contribution in [2.75, 3.05) is 18.4 Å². The lowest BCUT2D eigenvalue weighted by molar-refractivity contribution is 0.102. The van der Waals surface area contributed by atoms with Gasteiger partial charge in [0.2, 0.25) is 15.2 Å². The van der Waals surface area contributed by atoms with Crippen LogP contribution in [0.4, 0.5) is 5.13 Å². The van der Waals surface area contributed by atoms with Crippen LogP contribution in [0.5, 0.6) is 0 Å². The first kappa shape index (κ1) is 20.9. The van der Waals surface area contributed by atoms with Gasteiger partial charge in [-0.15, -0.1) is 10.2 Å². The SMILES string of the molecule is CCN(CC)S(=O)(=O)c1cccc(C(=O)Nc2nnc(C3CCCCC3)s2)c1. The molecule has 0 unspecified atom stereocenters. The van der Waals surface area contributed by atoms with Gasteiger partial charge in [-0.25, -0.2) is 8.42 Å². The summed E-state index contributed by atoms with van der Waals surface area (Å²) in [5, 5.41) is 12.5. The second-order valence-corrected chi connectivity index (χ2v) is 9.80. The molecule has 0 aliphatic heterocycles. The molecule has 1 amide bonds. The number of amides is 1. The second kappa shape index (κ2) is 9.11. The minimum absolute atomic E-state index is 0.115. The van der Waals surface area contributed by atoms with E-state index in [0.717, 1.165) is 17.8 Å². The first-order chi connectivity index (χ1) is 13.5. The number of carbonyl (C=O) groups excluding carboxylic acids is 1. The lowest BCUT2D eigenvalue weighted by Crippen LogP contribution is -2.30. The number of aromatic nitrogens is 2. The molecule has 9 heteroatoms. The first-order valence-corrected chi connectivity index (χ1v) is 12.0. The Kier molecular flexibility index (Phi) is 6.79. The smallest absolute Gasteiger partial charge is 0.257 e. The third-order valence-electron chi connectivity index (χ3n) is 5.05. The van der Waals surface area contributed by atoms with E-state index in [2.05, 4.69) is 15.5 Å². The van der Waals surface area contributed by atoms with E-state index in [-0.39, 0.29) is 16.4 Å². The Morgan fingerprint density at radius 2 is 1.89 bits per heavy atom. The van der Waals surface area contributed by atoms with Crippen molar-refractivity contribution >= 4 is 32.4 Å². The van der Waals surface area contributed by atoms with E-state index in [0.29, 0.717) is 24.1 Å². The van der Waals surface area contributed by atoms with Gasteiger partial charge in [-0.2, -0.15) is 4.31 Å². The predicted molar refractivity (Wildman–Crippen MR) is 110 cm³/mol. The molecule has 3 rings (SSSR count). The molecule has 0 atom stereocenters. The van der Waals surface area contributed by atoms with Crippen molar-refractivity contribution < 1.29 is 13.2 Å². The summed E-state index contributed by atoms with van der Waals surface area (Å²) in [6.45, 7) is 4.34. The van der Waals surface area contributed by atoms with E-state index in [1.807, 2.05) is 0 Å². The maximum absolute atomic E-state index is 12.7. The number of benzene rings is 1. The Hall–Kier alpha value is -1.84. The molecule has 1 fully saturated rings. The molecule has 0 saturated heterocycles. The van der Waals surface area contributed by atoms with Crippen LogP contribution >= 0.6 is 11.3 Å². The van der Waals surface area contributed by atoms with E-state index < -0.39 is 10.0 Å². The molecule has 0 bridgehead atoms. The molecule has 1 aromatic carbocycles. The topological polar surface area (TPSA) is 92.3 Å². The van der Waals surface area contributed by atoms with Crippen LogP contribution in [0.2, 0.25) is 0 Å². The molecule has 152 valence electrons. The van der Waals surface area contributed by atoms with Crippen LogP contribution in [0.3, 0.4) is 0 Å². The minimum atomic E-state index is -3.61. The number of sulfonamides is 1. The normalized spacial score (nSPS) is 15.7. The molecule has 7 nitrogen and oxygen atoms in total. The van der Waals surface area contributed by atoms with Gasteiger partial charge in [-0.3, -0.25) is 10.1 Å². The number of nitrogens with zero attached hydrogens (tertiary/aromatic N) is 3. The van der Waals surface area contributed by atoms with Crippen LogP contribution in [-0.4, -0.2) is 41.9 Å². The molecule has 1 aliphatic rings. The highest BCUT2D eigenvalue weighted by atomic mass is 32.2. The van der Waals surface area contributed by atoms with Crippen LogP contribution < -0.4 is 5.32 Å². The van der Waals surface area contributed by atoms with Gasteiger partial charge in [0.1, 0.15) is 5.01 Å². The molecule has 28 heavy (non-hydrogen) atoms. The Bertz CT molecular complexity index is 917. The average molecular weight is 423 g/mol. The average Bonchev–Trinajstić information content (AvgIpc) is 3.18. The van der Waals surface area contributed by atoms with Gasteiger partial charge < -0.3 is 0 Å². The zero-order valence-electron chi connectivity index (χ0n) is 16.2. The highest BCUT2D eigenvalue weighted by Gasteiger charge is 2.23. The third kappa shape index (κ3) is 4.59. The lowest BCUT2D eigenvalue weighted by atomic mass is 9.90. The van der Waals surface area contributed by atoms with E-state index in [1.165, 1.54) is 47.0 Å². The summed E-state index contributed by atoms with van der Waals surface area (Å²) in [5.74, 6) is 0.0439. The van der Waals surface area contributed by atoms with Gasteiger partial charge in [0.05, 0.1) is 4.90 Å². The summed E-state index contributed by atoms with van der Waals surface area (Å²) in [4.78, 5) is 12.7. The van der Waals surface area contributed by atoms with E-state index in [9.17, 15) is 13.2 Å². The fourth-order valence-electron chi connectivity index (χ4n) is 3.48. The van der Waals surface area contributed by atoms with Crippen LogP contribution in [0.25, 0.3) is 0 Å². The summed E-state index contributed by atoms with van der Waals surface area (Å²) in [6.07, 6.45) is 5.92. The fraction of sp³-hybridized carbons (Fsp3) is 0.526. The molecule has 1 heterocycles. The monoisotopic (exact) mass is 422 g/mol. The maximum Gasteiger partial charge on any atom is 0.257 e. The molecule has 0 radical (unpaired) electrons. The number of anilines is 1. The Balaban J connectivity index is 1.74. The second-order valence-electron chi connectivity index (χ2n) is 6.85. The summed E-state index contributed by atoms with van der Waals surface area (Å²) in [5.41, 5.74) is 0.280. The summed E-state index contributed by atoms with van der Waals surface area (Å²) in [7, 11) is -3.61. The highest BCUT2D eigenvalue weighted by Crippen LogP contribution is 2.35. The van der Waals surface area contributed by atoms with Crippen molar-refractivity contribution in [3.05, 3.63) is 34.8 Å². The molecule has 1 saturated carbocycles. The van der Waals surface area contributed by atoms with Gasteiger partial charge in [-0.05, 0) is 31.0 Å². The quantitative estimate of drug-likeness (QED) is 0.731. The van der Waals surface area contributed by atoms with Gasteiger partial charge >= 0.3 is 0 Å². The zero-order chi connectivity index (χ0) is 20.1. The van der Waals surface area contributed by atoms with E-state index in [1.54, 1.807) is 26.0 Å². The number of hydrogen-bond donors (Lipinski definition) is 1. The van der Waals surface area contributed by atoms with Crippen molar-refractivity contribution in [2.24, 2.45) is 0 Å². The van der Waals surface area contributed by atoms with Gasteiger partial charge in [0.15, 0.2) is 0 Å². The number of hydrogen-bond acceptors (Lipinski definition) is 6. The maximum atomic E-state index is 12.7. The molecular weight excluding hydrogens is 396 g/mol. The van der Waals surface area contributed by atoms with Gasteiger partial charge in [-0.1, -0.05) is 50.5 Å². The van der Waals surface area contributed by atoms with E-state index in [4.69, 9.17) is 0 Å². The summed E-state index contributed by atoms with van der Waals surface area (Å²) >= 11 is 1.40. The Labute approximate surface area is 170 Å². The van der Waals surface area contributed by atoms with Gasteiger partial charge in [0, 0.05) is 24.6 Å². The largest absolute Gasteiger partial charge is 0.296 e. The summed E-state index contributed by atoms with van der Waals surface area (Å²) < 4.78 is 26.7. The molecule has 1 aliphatic carbocycles. The first-order valence-electron chi connectivity index (χ1n) is 9.70. The van der Waals surface area contributed by atoms with Crippen molar-refractivity contribution in [3.8, 4) is 0 Å². The fourth-order valence-corrected chi connectivity index (χ4v) is 5.89. The van der Waals surface area contributed by atoms with Crippen LogP contribution in [0.15, 0.2) is 29.2 Å².